The van der Waals surface area contributed by atoms with Crippen LogP contribution in [0.5, 0.6) is 0 Å². The molecule has 3 rings (SSSR count). The van der Waals surface area contributed by atoms with E-state index in [1.165, 1.54) is 0 Å². The minimum atomic E-state index is 0.809. The van der Waals surface area contributed by atoms with Gasteiger partial charge in [0.2, 0.25) is 0 Å². The van der Waals surface area contributed by atoms with E-state index in [1.54, 1.807) is 0 Å². The van der Waals surface area contributed by atoms with Crippen LogP contribution in [-0.2, 0) is 0 Å². The molecular formula is C11H9N3. The van der Waals surface area contributed by atoms with Crippen molar-refractivity contribution in [3.63, 3.8) is 0 Å². The predicted molar refractivity (Wildman–Crippen MR) is 52.7 cm³/mol. The summed E-state index contributed by atoms with van der Waals surface area (Å²) in [6.07, 6.45) is 6.05. The van der Waals surface area contributed by atoms with Gasteiger partial charge in [0.25, 0.3) is 0 Å². The first-order valence-electron chi connectivity index (χ1n) is 4.60. The van der Waals surface area contributed by atoms with Crippen molar-refractivity contribution in [3.8, 4) is 0 Å². The average Bonchev–Trinajstić information content (AvgIpc) is 2.26. The molecule has 3 heteroatoms. The molecule has 0 fully saturated rings. The van der Waals surface area contributed by atoms with E-state index in [0.29, 0.717) is 0 Å². The van der Waals surface area contributed by atoms with Crippen molar-refractivity contribution in [2.45, 2.75) is 0 Å². The molecule has 0 N–H and O–H groups in total. The molecule has 0 spiro atoms. The predicted octanol–water partition coefficient (Wildman–Crippen LogP) is 0.568. The first-order valence-corrected chi connectivity index (χ1v) is 4.60. The summed E-state index contributed by atoms with van der Waals surface area (Å²) in [5, 5.41) is 8.29. The maximum atomic E-state index is 4.51. The van der Waals surface area contributed by atoms with Gasteiger partial charge in [0.1, 0.15) is 11.2 Å². The van der Waals surface area contributed by atoms with Crippen LogP contribution in [-0.4, -0.2) is 11.6 Å². The molecule has 0 aliphatic carbocycles. The Bertz CT molecular complexity index is 540. The second-order valence-corrected chi connectivity index (χ2v) is 3.24. The molecule has 0 amide bonds. The first-order chi connectivity index (χ1) is 6.93. The Morgan fingerprint density at radius 3 is 2.93 bits per heavy atom. The molecule has 2 heterocycles. The second kappa shape index (κ2) is 2.80. The lowest BCUT2D eigenvalue weighted by Crippen LogP contribution is -2.35. The Kier molecular flexibility index (Phi) is 1.50. The molecule has 2 aliphatic rings. The maximum Gasteiger partial charge on any atom is 0.149 e. The van der Waals surface area contributed by atoms with Crippen molar-refractivity contribution in [1.82, 2.24) is 5.01 Å². The van der Waals surface area contributed by atoms with E-state index in [1.807, 2.05) is 41.4 Å². The van der Waals surface area contributed by atoms with Gasteiger partial charge in [0, 0.05) is 0 Å². The molecule has 1 aromatic carbocycles. The van der Waals surface area contributed by atoms with Gasteiger partial charge in [-0.3, -0.25) is 0 Å². The van der Waals surface area contributed by atoms with Gasteiger partial charge < -0.3 is 0 Å². The molecule has 0 saturated heterocycles. The summed E-state index contributed by atoms with van der Waals surface area (Å²) in [6.45, 7) is 0.809. The zero-order valence-corrected chi connectivity index (χ0v) is 7.59. The maximum absolute atomic E-state index is 4.51. The fourth-order valence-corrected chi connectivity index (χ4v) is 1.58. The zero-order valence-electron chi connectivity index (χ0n) is 7.59. The van der Waals surface area contributed by atoms with Gasteiger partial charge in [-0.25, -0.2) is 10.0 Å². The third-order valence-electron chi connectivity index (χ3n) is 2.27. The third-order valence-corrected chi connectivity index (χ3v) is 2.27. The van der Waals surface area contributed by atoms with E-state index < -0.39 is 0 Å². The lowest BCUT2D eigenvalue weighted by atomic mass is 10.3. The normalized spacial score (nSPS) is 17.4. The molecule has 0 aromatic heterocycles. The monoisotopic (exact) mass is 183 g/mol. The summed E-state index contributed by atoms with van der Waals surface area (Å²) in [7, 11) is 0. The van der Waals surface area contributed by atoms with Crippen LogP contribution in [0.3, 0.4) is 0 Å². The van der Waals surface area contributed by atoms with E-state index in [0.717, 1.165) is 23.1 Å². The third kappa shape index (κ3) is 1.06. The van der Waals surface area contributed by atoms with Crippen molar-refractivity contribution in [2.75, 3.05) is 6.54 Å². The van der Waals surface area contributed by atoms with Gasteiger partial charge in [0.05, 0.1) is 11.9 Å². The molecule has 1 aromatic rings. The number of fused-ring (bicyclic) bond motifs is 2. The molecule has 2 aliphatic heterocycles. The summed E-state index contributed by atoms with van der Waals surface area (Å²) in [4.78, 5) is 4.51. The van der Waals surface area contributed by atoms with Crippen molar-refractivity contribution >= 4 is 0 Å². The molecule has 0 unspecified atom stereocenters. The van der Waals surface area contributed by atoms with Gasteiger partial charge in [-0.15, -0.1) is 0 Å². The van der Waals surface area contributed by atoms with E-state index in [4.69, 9.17) is 0 Å². The highest BCUT2D eigenvalue weighted by molar-refractivity contribution is 5.19. The molecular weight excluding hydrogens is 174 g/mol. The van der Waals surface area contributed by atoms with Gasteiger partial charge in [-0.1, -0.05) is 24.3 Å². The Labute approximate surface area is 81.4 Å². The van der Waals surface area contributed by atoms with E-state index in [-0.39, 0.29) is 0 Å². The largest absolute Gasteiger partial charge is 0.243 e. The highest BCUT2D eigenvalue weighted by atomic mass is 15.5. The average molecular weight is 183 g/mol. The molecule has 3 nitrogen and oxygen atoms in total. The molecule has 0 radical (unpaired) electrons. The number of para-hydroxylation sites is 1. The molecule has 0 saturated carbocycles. The first kappa shape index (κ1) is 7.50. The number of rotatable bonds is 0. The Morgan fingerprint density at radius 2 is 2.00 bits per heavy atom. The van der Waals surface area contributed by atoms with Crippen LogP contribution in [0, 0.1) is 0 Å². The number of hydrogen-bond donors (Lipinski definition) is 0. The van der Waals surface area contributed by atoms with Crippen LogP contribution in [0.15, 0.2) is 58.4 Å². The van der Waals surface area contributed by atoms with Crippen LogP contribution in [0.4, 0.5) is 0 Å². The highest BCUT2D eigenvalue weighted by Crippen LogP contribution is 2.11. The van der Waals surface area contributed by atoms with E-state index in [9.17, 15) is 0 Å². The molecule has 68 valence electrons. The van der Waals surface area contributed by atoms with Crippen molar-refractivity contribution in [3.05, 3.63) is 59.0 Å². The SMILES string of the molecule is C1=CCN2N=c3ccccc3=NC2=C1. The van der Waals surface area contributed by atoms with Crippen molar-refractivity contribution in [2.24, 2.45) is 10.1 Å². The number of nitrogens with zero attached hydrogens (tertiary/aromatic N) is 3. The fourth-order valence-electron chi connectivity index (χ4n) is 1.58. The summed E-state index contributed by atoms with van der Waals surface area (Å²) < 4.78 is 0. The molecule has 0 bridgehead atoms. The van der Waals surface area contributed by atoms with Crippen LogP contribution < -0.4 is 10.7 Å². The number of benzene rings is 1. The molecule has 14 heavy (non-hydrogen) atoms. The van der Waals surface area contributed by atoms with E-state index >= 15 is 0 Å². The van der Waals surface area contributed by atoms with Crippen molar-refractivity contribution in [1.29, 1.82) is 0 Å². The lowest BCUT2D eigenvalue weighted by molar-refractivity contribution is 0.369. The Morgan fingerprint density at radius 1 is 1.14 bits per heavy atom. The summed E-state index contributed by atoms with van der Waals surface area (Å²) in [5.41, 5.74) is 0. The Hall–Kier alpha value is -1.90. The lowest BCUT2D eigenvalue weighted by Gasteiger charge is -2.21. The topological polar surface area (TPSA) is 28.0 Å². The Balaban J connectivity index is 2.29. The van der Waals surface area contributed by atoms with Gasteiger partial charge in [-0.05, 0) is 18.2 Å². The van der Waals surface area contributed by atoms with Crippen LogP contribution in [0.2, 0.25) is 0 Å². The minimum Gasteiger partial charge on any atom is -0.243 e. The fraction of sp³-hybridized carbons (Fsp3) is 0.0909. The van der Waals surface area contributed by atoms with Crippen LogP contribution in [0.25, 0.3) is 0 Å². The van der Waals surface area contributed by atoms with Crippen molar-refractivity contribution < 1.29 is 0 Å². The summed E-state index contributed by atoms with van der Waals surface area (Å²) in [6, 6.07) is 7.92. The number of allylic oxidation sites excluding steroid dienone is 2. The number of hydrogen-bond acceptors (Lipinski definition) is 3. The zero-order chi connectivity index (χ0) is 9.38. The standard InChI is InChI=1S/C11H9N3/c1-2-6-10-9(5-1)12-11-7-3-4-8-14(11)13-10/h1-7H,8H2. The van der Waals surface area contributed by atoms with Gasteiger partial charge in [0.15, 0.2) is 0 Å². The van der Waals surface area contributed by atoms with Gasteiger partial charge >= 0.3 is 0 Å². The quantitative estimate of drug-likeness (QED) is 0.578. The second-order valence-electron chi connectivity index (χ2n) is 3.24. The smallest absolute Gasteiger partial charge is 0.149 e. The van der Waals surface area contributed by atoms with Crippen LogP contribution in [0.1, 0.15) is 0 Å². The molecule has 0 atom stereocenters. The summed E-state index contributed by atoms with van der Waals surface area (Å²) in [5.74, 6) is 0.922. The van der Waals surface area contributed by atoms with Gasteiger partial charge in [-0.2, -0.15) is 5.10 Å². The van der Waals surface area contributed by atoms with Crippen LogP contribution >= 0.6 is 0 Å². The minimum absolute atomic E-state index is 0.809. The highest BCUT2D eigenvalue weighted by Gasteiger charge is 2.11. The van der Waals surface area contributed by atoms with E-state index in [2.05, 4.69) is 16.2 Å². The summed E-state index contributed by atoms with van der Waals surface area (Å²) >= 11 is 0.